The van der Waals surface area contributed by atoms with Crippen LogP contribution in [0.4, 0.5) is 9.59 Å². The van der Waals surface area contributed by atoms with Crippen molar-refractivity contribution in [2.24, 2.45) is 0 Å². The Morgan fingerprint density at radius 2 is 0.985 bits per heavy atom. The van der Waals surface area contributed by atoms with Gasteiger partial charge in [-0.25, -0.2) is 19.6 Å². The number of aromatic nitrogens is 5. The Balaban J connectivity index is 0.922. The minimum atomic E-state index is -0.921. The summed E-state index contributed by atoms with van der Waals surface area (Å²) in [5.41, 5.74) is 5.00. The molecule has 2 aliphatic heterocycles. The van der Waals surface area contributed by atoms with E-state index < -0.39 is 35.5 Å². The van der Waals surface area contributed by atoms with Gasteiger partial charge in [-0.3, -0.25) is 14.6 Å². The Hall–Kier alpha value is -7.29. The van der Waals surface area contributed by atoms with E-state index in [1.165, 1.54) is 0 Å². The first-order valence-corrected chi connectivity index (χ1v) is 22.5. The molecule has 5 heterocycles. The maximum Gasteiger partial charge on any atom is 0.408 e. The van der Waals surface area contributed by atoms with Gasteiger partial charge in [0.25, 0.3) is 11.8 Å². The van der Waals surface area contributed by atoms with E-state index >= 15 is 0 Å². The summed E-state index contributed by atoms with van der Waals surface area (Å²) in [6.45, 7) is 11.8. The Morgan fingerprint density at radius 3 is 1.41 bits per heavy atom. The lowest BCUT2D eigenvalue weighted by molar-refractivity contribution is -0.135. The van der Waals surface area contributed by atoms with Gasteiger partial charge >= 0.3 is 12.2 Å². The number of likely N-dealkylation sites (tertiary alicyclic amines) is 2. The van der Waals surface area contributed by atoms with Crippen LogP contribution in [-0.2, 0) is 19.1 Å². The summed E-state index contributed by atoms with van der Waals surface area (Å²) in [4.78, 5) is 78.8. The number of carbonyl (C=O) groups is 4. The predicted octanol–water partition coefficient (Wildman–Crippen LogP) is 9.39. The van der Waals surface area contributed by atoms with Crippen LogP contribution in [0.3, 0.4) is 0 Å². The van der Waals surface area contributed by atoms with Crippen LogP contribution >= 0.6 is 0 Å². The van der Waals surface area contributed by atoms with E-state index in [0.717, 1.165) is 59.5 Å². The van der Waals surface area contributed by atoms with Gasteiger partial charge in [-0.05, 0) is 96.0 Å². The van der Waals surface area contributed by atoms with Crippen LogP contribution in [0, 0.1) is 0 Å². The molecule has 4 N–H and O–H groups in total. The van der Waals surface area contributed by atoms with E-state index in [2.05, 4.69) is 20.6 Å². The lowest BCUT2D eigenvalue weighted by Gasteiger charge is -2.29. The molecule has 3 aromatic heterocycles. The number of imidazole rings is 2. The molecular formula is C51H57N9O6. The summed E-state index contributed by atoms with van der Waals surface area (Å²) >= 11 is 0. The summed E-state index contributed by atoms with van der Waals surface area (Å²) in [6.07, 6.45) is 7.08. The predicted molar refractivity (Wildman–Crippen MR) is 249 cm³/mol. The molecule has 8 rings (SSSR count). The summed E-state index contributed by atoms with van der Waals surface area (Å²) in [5, 5.41) is 5.63. The number of nitrogens with zero attached hydrogens (tertiary/aromatic N) is 5. The number of nitrogens with one attached hydrogen (secondary N) is 4. The normalized spacial score (nSPS) is 17.2. The number of carbonyl (C=O) groups excluding carboxylic acids is 4. The van der Waals surface area contributed by atoms with Crippen LogP contribution in [0.5, 0.6) is 0 Å². The first-order chi connectivity index (χ1) is 31.6. The van der Waals surface area contributed by atoms with Gasteiger partial charge in [0.05, 0.1) is 41.6 Å². The number of aromatic amines is 2. The first kappa shape index (κ1) is 45.3. The number of amides is 4. The zero-order valence-corrected chi connectivity index (χ0v) is 38.2. The van der Waals surface area contributed by atoms with Gasteiger partial charge in [0.15, 0.2) is 0 Å². The van der Waals surface area contributed by atoms with Crippen LogP contribution in [0.2, 0.25) is 0 Å². The van der Waals surface area contributed by atoms with Crippen LogP contribution in [0.15, 0.2) is 116 Å². The molecule has 6 aromatic rings. The summed E-state index contributed by atoms with van der Waals surface area (Å²) in [5.74, 6) is 0.898. The maximum atomic E-state index is 14.2. The van der Waals surface area contributed by atoms with Crippen LogP contribution < -0.4 is 10.6 Å². The van der Waals surface area contributed by atoms with Gasteiger partial charge < -0.3 is 39.9 Å². The summed E-state index contributed by atoms with van der Waals surface area (Å²) in [6, 6.07) is 28.0. The van der Waals surface area contributed by atoms with Gasteiger partial charge in [0, 0.05) is 30.4 Å². The number of alkyl carbamates (subject to hydrolysis) is 2. The molecular weight excluding hydrogens is 835 g/mol. The molecule has 15 nitrogen and oxygen atoms in total. The molecule has 0 saturated carbocycles. The van der Waals surface area contributed by atoms with Crippen molar-refractivity contribution in [1.29, 1.82) is 0 Å². The van der Waals surface area contributed by atoms with Gasteiger partial charge in [0.1, 0.15) is 34.9 Å². The van der Waals surface area contributed by atoms with Crippen molar-refractivity contribution in [1.82, 2.24) is 45.4 Å². The number of hydrogen-bond donors (Lipinski definition) is 4. The molecule has 66 heavy (non-hydrogen) atoms. The molecule has 2 saturated heterocycles. The quantitative estimate of drug-likeness (QED) is 0.0983. The third kappa shape index (κ3) is 10.6. The second kappa shape index (κ2) is 19.0. The molecule has 4 atom stereocenters. The Morgan fingerprint density at radius 1 is 0.561 bits per heavy atom. The number of hydrogen-bond acceptors (Lipinski definition) is 9. The number of benzene rings is 3. The minimum absolute atomic E-state index is 0.223. The standard InChI is InChI=1S/C51H57N9O6/c1-50(2,3)65-48(63)57-42(34-15-9-7-10-16-34)46(61)59-27-13-19-40(59)44-53-30-38(55-44)33-23-21-32(22-24-33)37-26-25-36(29-52-37)39-31-54-45(56-39)41-20-14-28-60(41)47(62)43(35-17-11-8-12-18-35)58-49(64)66-51(4,5)6/h7-12,15-18,21-26,29-31,40-43H,13-14,19-20,27-28H2,1-6H3,(H,53,55)(H,54,56)(H,57,63)(H,58,64)/t40-,41-,42+,43+/m0/s1. The van der Waals surface area contributed by atoms with Gasteiger partial charge in [-0.2, -0.15) is 0 Å². The monoisotopic (exact) mass is 891 g/mol. The van der Waals surface area contributed by atoms with Crippen molar-refractivity contribution >= 4 is 24.0 Å². The SMILES string of the molecule is CC(C)(C)OC(=O)N[C@@H](C(=O)N1CCC[C@H]1c1ncc(-c2ccc(-c3ccc(-c4cnc([C@@H]5CCCN5C(=O)[C@H](NC(=O)OC(C)(C)C)c5ccccc5)[nH]4)cn3)cc2)[nH]1)c1ccccc1. The molecule has 342 valence electrons. The maximum absolute atomic E-state index is 14.2. The van der Waals surface area contributed by atoms with Crippen LogP contribution in [-0.4, -0.2) is 83.0 Å². The van der Waals surface area contributed by atoms with E-state index in [0.29, 0.717) is 35.9 Å². The average molecular weight is 892 g/mol. The minimum Gasteiger partial charge on any atom is -0.444 e. The number of ether oxygens (including phenoxy) is 2. The van der Waals surface area contributed by atoms with Gasteiger partial charge in [-0.1, -0.05) is 84.9 Å². The molecule has 0 bridgehead atoms. The highest BCUT2D eigenvalue weighted by atomic mass is 16.6. The zero-order valence-electron chi connectivity index (χ0n) is 38.2. The average Bonchev–Trinajstić information content (AvgIpc) is 4.14. The highest BCUT2D eigenvalue weighted by Gasteiger charge is 2.39. The summed E-state index contributed by atoms with van der Waals surface area (Å²) < 4.78 is 11.0. The van der Waals surface area contributed by atoms with E-state index in [1.54, 1.807) is 69.9 Å². The highest BCUT2D eigenvalue weighted by molar-refractivity contribution is 5.88. The number of pyridine rings is 1. The Labute approximate surface area is 384 Å². The first-order valence-electron chi connectivity index (χ1n) is 22.5. The van der Waals surface area contributed by atoms with Crippen molar-refractivity contribution in [3.8, 4) is 33.8 Å². The smallest absolute Gasteiger partial charge is 0.408 e. The second-order valence-corrected chi connectivity index (χ2v) is 18.7. The zero-order chi connectivity index (χ0) is 46.6. The molecule has 0 radical (unpaired) electrons. The lowest BCUT2D eigenvalue weighted by Crippen LogP contribution is -2.44. The largest absolute Gasteiger partial charge is 0.444 e. The summed E-state index contributed by atoms with van der Waals surface area (Å²) in [7, 11) is 0. The molecule has 0 spiro atoms. The van der Waals surface area contributed by atoms with E-state index in [-0.39, 0.29) is 23.9 Å². The highest BCUT2D eigenvalue weighted by Crippen LogP contribution is 2.36. The van der Waals surface area contributed by atoms with Crippen molar-refractivity contribution in [2.75, 3.05) is 13.1 Å². The van der Waals surface area contributed by atoms with E-state index in [1.807, 2.05) is 97.1 Å². The third-order valence-corrected chi connectivity index (χ3v) is 11.5. The lowest BCUT2D eigenvalue weighted by atomic mass is 10.0. The molecule has 0 aliphatic carbocycles. The molecule has 4 amide bonds. The Bertz CT molecular complexity index is 2450. The van der Waals surface area contributed by atoms with Gasteiger partial charge in [-0.15, -0.1) is 0 Å². The van der Waals surface area contributed by atoms with Crippen molar-refractivity contribution in [3.63, 3.8) is 0 Å². The fraction of sp³-hybridized carbons (Fsp3) is 0.353. The molecule has 15 heteroatoms. The van der Waals surface area contributed by atoms with Crippen molar-refractivity contribution < 1.29 is 28.7 Å². The van der Waals surface area contributed by atoms with Crippen molar-refractivity contribution in [3.05, 3.63) is 138 Å². The topological polar surface area (TPSA) is 188 Å². The van der Waals surface area contributed by atoms with E-state index in [4.69, 9.17) is 24.4 Å². The molecule has 0 unspecified atom stereocenters. The van der Waals surface area contributed by atoms with Crippen molar-refractivity contribution in [2.45, 2.75) is 103 Å². The number of rotatable bonds is 11. The van der Waals surface area contributed by atoms with E-state index in [9.17, 15) is 19.2 Å². The number of H-pyrrole nitrogens is 2. The van der Waals surface area contributed by atoms with Crippen LogP contribution in [0.1, 0.15) is 114 Å². The van der Waals surface area contributed by atoms with Crippen LogP contribution in [0.25, 0.3) is 33.8 Å². The molecule has 2 fully saturated rings. The fourth-order valence-corrected chi connectivity index (χ4v) is 8.53. The molecule has 2 aliphatic rings. The third-order valence-electron chi connectivity index (χ3n) is 11.5. The Kier molecular flexibility index (Phi) is 13.1. The second-order valence-electron chi connectivity index (χ2n) is 18.7. The van der Waals surface area contributed by atoms with Gasteiger partial charge in [0.2, 0.25) is 0 Å². The fourth-order valence-electron chi connectivity index (χ4n) is 8.53. The molecule has 3 aromatic carbocycles.